The van der Waals surface area contributed by atoms with Crippen molar-refractivity contribution >= 4 is 22.0 Å². The predicted molar refractivity (Wildman–Crippen MR) is 65.0 cm³/mol. The summed E-state index contributed by atoms with van der Waals surface area (Å²) in [4.78, 5) is 22.4. The second-order valence-electron chi connectivity index (χ2n) is 4.15. The molecule has 8 heteroatoms. The van der Waals surface area contributed by atoms with Crippen LogP contribution in [0, 0.1) is 6.92 Å². The maximum Gasteiger partial charge on any atom is 0.332 e. The summed E-state index contributed by atoms with van der Waals surface area (Å²) < 4.78 is 24.9. The molecule has 0 spiro atoms. The topological polar surface area (TPSA) is 104 Å². The number of carbonyl (C=O) groups excluding carboxylic acids is 1. The minimum atomic E-state index is -4.16. The average molecular weight is 284 g/mol. The Morgan fingerprint density at radius 2 is 1.95 bits per heavy atom. The lowest BCUT2D eigenvalue weighted by atomic mass is 10.2. The highest BCUT2D eigenvalue weighted by Crippen LogP contribution is 2.21. The number of nitrogens with one attached hydrogen (secondary N) is 1. The van der Waals surface area contributed by atoms with Gasteiger partial charge in [0.25, 0.3) is 10.0 Å². The van der Waals surface area contributed by atoms with Gasteiger partial charge >= 0.3 is 12.0 Å². The van der Waals surface area contributed by atoms with E-state index in [2.05, 4.69) is 5.32 Å². The number of hydrogen-bond donors (Lipinski definition) is 2. The molecule has 1 atom stereocenters. The van der Waals surface area contributed by atoms with Gasteiger partial charge in [0, 0.05) is 0 Å². The lowest BCUT2D eigenvalue weighted by Gasteiger charge is -2.19. The lowest BCUT2D eigenvalue weighted by molar-refractivity contribution is -0.139. The molecule has 19 heavy (non-hydrogen) atoms. The molecule has 102 valence electrons. The molecule has 0 bridgehead atoms. The second kappa shape index (κ2) is 4.54. The molecule has 0 saturated carbocycles. The van der Waals surface area contributed by atoms with Gasteiger partial charge in [-0.15, -0.1) is 0 Å². The number of sulfonamides is 1. The molecule has 0 aliphatic carbocycles. The van der Waals surface area contributed by atoms with Crippen LogP contribution in [0.15, 0.2) is 29.2 Å². The fourth-order valence-corrected chi connectivity index (χ4v) is 3.26. The zero-order valence-corrected chi connectivity index (χ0v) is 10.8. The Hall–Kier alpha value is -2.09. The predicted octanol–water partition coefficient (Wildman–Crippen LogP) is 0.162. The summed E-state index contributed by atoms with van der Waals surface area (Å²) in [5, 5.41) is 11.2. The van der Waals surface area contributed by atoms with Gasteiger partial charge in [-0.2, -0.15) is 0 Å². The van der Waals surface area contributed by atoms with Crippen LogP contribution in [0.2, 0.25) is 0 Å². The summed E-state index contributed by atoms with van der Waals surface area (Å²) >= 11 is 0. The van der Waals surface area contributed by atoms with Crippen LogP contribution >= 0.6 is 0 Å². The number of urea groups is 1. The van der Waals surface area contributed by atoms with E-state index >= 15 is 0 Å². The molecule has 1 aliphatic rings. The van der Waals surface area contributed by atoms with Gasteiger partial charge in [0.2, 0.25) is 0 Å². The van der Waals surface area contributed by atoms with Gasteiger partial charge in [0.15, 0.2) is 6.04 Å². The van der Waals surface area contributed by atoms with E-state index in [1.807, 2.05) is 0 Å². The monoisotopic (exact) mass is 284 g/mol. The number of aliphatic carboxylic acids is 1. The van der Waals surface area contributed by atoms with E-state index in [0.29, 0.717) is 4.31 Å². The van der Waals surface area contributed by atoms with Crippen molar-refractivity contribution in [3.8, 4) is 0 Å². The number of aryl methyl sites for hydroxylation is 1. The third-order valence-electron chi connectivity index (χ3n) is 2.79. The molecule has 1 saturated heterocycles. The normalized spacial score (nSPS) is 19.3. The van der Waals surface area contributed by atoms with Crippen molar-refractivity contribution in [2.24, 2.45) is 0 Å². The highest BCUT2D eigenvalue weighted by Gasteiger charge is 2.44. The number of carbonyl (C=O) groups is 2. The largest absolute Gasteiger partial charge is 0.480 e. The molecule has 2 rings (SSSR count). The number of nitrogens with zero attached hydrogens (tertiary/aromatic N) is 1. The summed E-state index contributed by atoms with van der Waals surface area (Å²) in [7, 11) is -4.16. The average Bonchev–Trinajstić information content (AvgIpc) is 2.72. The Bertz CT molecular complexity index is 623. The van der Waals surface area contributed by atoms with Crippen molar-refractivity contribution in [2.45, 2.75) is 17.9 Å². The Balaban J connectivity index is 2.46. The van der Waals surface area contributed by atoms with Crippen LogP contribution in [0.4, 0.5) is 4.79 Å². The fraction of sp³-hybridized carbons (Fsp3) is 0.273. The number of amides is 2. The molecule has 2 N–H and O–H groups in total. The van der Waals surface area contributed by atoms with Gasteiger partial charge in [-0.1, -0.05) is 17.7 Å². The molecule has 0 radical (unpaired) electrons. The van der Waals surface area contributed by atoms with Gasteiger partial charge in [-0.05, 0) is 19.1 Å². The summed E-state index contributed by atoms with van der Waals surface area (Å²) in [6, 6.07) is 3.50. The molecule has 2 amide bonds. The third kappa shape index (κ3) is 2.26. The second-order valence-corrected chi connectivity index (χ2v) is 5.97. The first-order chi connectivity index (χ1) is 8.84. The molecule has 1 fully saturated rings. The molecule has 1 aliphatic heterocycles. The molecule has 0 unspecified atom stereocenters. The van der Waals surface area contributed by atoms with Crippen molar-refractivity contribution in [3.05, 3.63) is 29.8 Å². The third-order valence-corrected chi connectivity index (χ3v) is 4.60. The van der Waals surface area contributed by atoms with Crippen LogP contribution in [-0.2, 0) is 14.8 Å². The quantitative estimate of drug-likeness (QED) is 0.823. The van der Waals surface area contributed by atoms with Crippen LogP contribution in [0.1, 0.15) is 5.56 Å². The molecule has 1 heterocycles. The first kappa shape index (κ1) is 13.3. The Morgan fingerprint density at radius 1 is 1.37 bits per heavy atom. The molecular weight excluding hydrogens is 272 g/mol. The summed E-state index contributed by atoms with van der Waals surface area (Å²) in [6.45, 7) is 1.55. The Kier molecular flexibility index (Phi) is 3.19. The van der Waals surface area contributed by atoms with Crippen molar-refractivity contribution in [1.29, 1.82) is 0 Å². The minimum absolute atomic E-state index is 0.110. The van der Waals surface area contributed by atoms with Crippen molar-refractivity contribution < 1.29 is 23.1 Å². The van der Waals surface area contributed by atoms with Crippen LogP contribution in [0.25, 0.3) is 0 Å². The summed E-state index contributed by atoms with van der Waals surface area (Å²) in [5.74, 6) is -1.37. The highest BCUT2D eigenvalue weighted by atomic mass is 32.2. The molecular formula is C11H12N2O5S. The molecule has 0 aromatic heterocycles. The van der Waals surface area contributed by atoms with E-state index in [0.717, 1.165) is 5.56 Å². The van der Waals surface area contributed by atoms with E-state index in [-0.39, 0.29) is 11.4 Å². The number of carboxylic acid groups (broad SMARTS) is 1. The molecule has 7 nitrogen and oxygen atoms in total. The Labute approximate surface area is 109 Å². The van der Waals surface area contributed by atoms with E-state index in [1.165, 1.54) is 12.1 Å². The maximum absolute atomic E-state index is 12.3. The number of hydrogen-bond acceptors (Lipinski definition) is 4. The van der Waals surface area contributed by atoms with E-state index in [4.69, 9.17) is 5.11 Å². The van der Waals surface area contributed by atoms with Crippen LogP contribution in [-0.4, -0.2) is 42.4 Å². The van der Waals surface area contributed by atoms with Gasteiger partial charge in [0.05, 0.1) is 11.4 Å². The zero-order chi connectivity index (χ0) is 14.2. The first-order valence-corrected chi connectivity index (χ1v) is 6.90. The first-order valence-electron chi connectivity index (χ1n) is 5.46. The van der Waals surface area contributed by atoms with Crippen LogP contribution in [0.5, 0.6) is 0 Å². The van der Waals surface area contributed by atoms with Gasteiger partial charge in [-0.3, -0.25) is 0 Å². The van der Waals surface area contributed by atoms with E-state index in [1.54, 1.807) is 19.1 Å². The number of carboxylic acids is 1. The summed E-state index contributed by atoms with van der Waals surface area (Å²) in [5.41, 5.74) is 0.861. The number of benzene rings is 1. The van der Waals surface area contributed by atoms with E-state index in [9.17, 15) is 18.0 Å². The van der Waals surface area contributed by atoms with Crippen LogP contribution in [0.3, 0.4) is 0 Å². The standard InChI is InChI=1S/C11H12N2O5S/c1-7-2-4-8(5-3-7)19(17,18)13-9(10(14)15)6-12-11(13)16/h2-5,9H,6H2,1H3,(H,12,16)(H,14,15)/t9-/m0/s1. The van der Waals surface area contributed by atoms with Gasteiger partial charge < -0.3 is 10.4 Å². The van der Waals surface area contributed by atoms with Crippen molar-refractivity contribution in [3.63, 3.8) is 0 Å². The summed E-state index contributed by atoms with van der Waals surface area (Å²) in [6.07, 6.45) is 0. The van der Waals surface area contributed by atoms with Crippen molar-refractivity contribution in [1.82, 2.24) is 9.62 Å². The maximum atomic E-state index is 12.3. The molecule has 1 aromatic carbocycles. The van der Waals surface area contributed by atoms with Gasteiger partial charge in [0.1, 0.15) is 0 Å². The number of rotatable bonds is 3. The fourth-order valence-electron chi connectivity index (χ4n) is 1.77. The van der Waals surface area contributed by atoms with E-state index < -0.39 is 28.1 Å². The minimum Gasteiger partial charge on any atom is -0.480 e. The van der Waals surface area contributed by atoms with Gasteiger partial charge in [-0.25, -0.2) is 22.3 Å². The zero-order valence-electron chi connectivity index (χ0n) is 10.0. The Morgan fingerprint density at radius 3 is 2.47 bits per heavy atom. The highest BCUT2D eigenvalue weighted by molar-refractivity contribution is 7.89. The van der Waals surface area contributed by atoms with Crippen LogP contribution < -0.4 is 5.32 Å². The lowest BCUT2D eigenvalue weighted by Crippen LogP contribution is -2.43. The smallest absolute Gasteiger partial charge is 0.332 e. The SMILES string of the molecule is Cc1ccc(S(=O)(=O)N2C(=O)NC[C@H]2C(=O)O)cc1. The molecule has 1 aromatic rings. The van der Waals surface area contributed by atoms with Crippen molar-refractivity contribution in [2.75, 3.05) is 6.54 Å².